The minimum atomic E-state index is -0.612. The summed E-state index contributed by atoms with van der Waals surface area (Å²) in [4.78, 5) is 12.2. The summed E-state index contributed by atoms with van der Waals surface area (Å²) in [6, 6.07) is 11.5. The summed E-state index contributed by atoms with van der Waals surface area (Å²) in [5.41, 5.74) is 0.662. The highest BCUT2D eigenvalue weighted by Gasteiger charge is 2.12. The van der Waals surface area contributed by atoms with Gasteiger partial charge in [0.05, 0.1) is 27.9 Å². The first kappa shape index (κ1) is 18.9. The zero-order valence-corrected chi connectivity index (χ0v) is 15.2. The zero-order chi connectivity index (χ0) is 18.4. The number of hydrogen-bond donors (Lipinski definition) is 2. The third kappa shape index (κ3) is 4.80. The molecule has 0 heterocycles. The lowest BCUT2D eigenvalue weighted by molar-refractivity contribution is -0.112. The second-order valence-electron chi connectivity index (χ2n) is 4.71. The first-order valence-electron chi connectivity index (χ1n) is 6.92. The number of benzene rings is 2. The normalized spacial score (nSPS) is 10.8. The molecule has 0 saturated carbocycles. The number of nitrogens with one attached hydrogen (secondary N) is 2. The molecule has 0 aromatic heterocycles. The molecule has 8 heteroatoms. The molecule has 0 radical (unpaired) electrons. The number of methoxy groups -OCH3 is 1. The summed E-state index contributed by atoms with van der Waals surface area (Å²) >= 11 is 18.1. The minimum absolute atomic E-state index is 0.164. The van der Waals surface area contributed by atoms with Crippen molar-refractivity contribution in [3.05, 3.63) is 63.2 Å². The highest BCUT2D eigenvalue weighted by atomic mass is 35.5. The number of rotatable bonds is 5. The Labute approximate surface area is 159 Å². The van der Waals surface area contributed by atoms with Crippen molar-refractivity contribution in [3.63, 3.8) is 0 Å². The van der Waals surface area contributed by atoms with Crippen LogP contribution in [-0.4, -0.2) is 13.0 Å². The van der Waals surface area contributed by atoms with Crippen molar-refractivity contribution in [3.8, 4) is 11.8 Å². The minimum Gasteiger partial charge on any atom is -0.495 e. The molecule has 2 aromatic carbocycles. The number of halogens is 3. The predicted molar refractivity (Wildman–Crippen MR) is 100 cm³/mol. The van der Waals surface area contributed by atoms with Gasteiger partial charge in [0.25, 0.3) is 5.91 Å². The molecule has 0 fully saturated rings. The number of nitrogens with zero attached hydrogens (tertiary/aromatic N) is 1. The number of nitriles is 1. The van der Waals surface area contributed by atoms with Crippen LogP contribution < -0.4 is 15.4 Å². The van der Waals surface area contributed by atoms with Crippen LogP contribution in [0.25, 0.3) is 0 Å². The van der Waals surface area contributed by atoms with Gasteiger partial charge in [-0.05, 0) is 30.3 Å². The topological polar surface area (TPSA) is 74.1 Å². The molecule has 2 N–H and O–H groups in total. The number of amides is 1. The number of hydrogen-bond acceptors (Lipinski definition) is 4. The fourth-order valence-electron chi connectivity index (χ4n) is 1.87. The van der Waals surface area contributed by atoms with Crippen LogP contribution in [0.1, 0.15) is 0 Å². The lowest BCUT2D eigenvalue weighted by atomic mass is 10.2. The van der Waals surface area contributed by atoms with E-state index in [0.717, 1.165) is 0 Å². The average molecular weight is 397 g/mol. The molecule has 5 nitrogen and oxygen atoms in total. The smallest absolute Gasteiger partial charge is 0.267 e. The summed E-state index contributed by atoms with van der Waals surface area (Å²) in [5, 5.41) is 15.6. The Balaban J connectivity index is 2.16. The van der Waals surface area contributed by atoms with Gasteiger partial charge in [0, 0.05) is 11.9 Å². The summed E-state index contributed by atoms with van der Waals surface area (Å²) < 4.78 is 5.04. The fourth-order valence-corrected chi connectivity index (χ4v) is 2.64. The van der Waals surface area contributed by atoms with Gasteiger partial charge >= 0.3 is 0 Å². The molecule has 0 saturated heterocycles. The van der Waals surface area contributed by atoms with Crippen molar-refractivity contribution in [1.82, 2.24) is 0 Å². The molecule has 2 aromatic rings. The summed E-state index contributed by atoms with van der Waals surface area (Å²) in [5.74, 6) is -0.134. The Morgan fingerprint density at radius 2 is 1.84 bits per heavy atom. The molecule has 25 heavy (non-hydrogen) atoms. The molecule has 128 valence electrons. The monoisotopic (exact) mass is 395 g/mol. The number of anilines is 2. The first-order chi connectivity index (χ1) is 12.0. The Morgan fingerprint density at radius 1 is 1.16 bits per heavy atom. The predicted octanol–water partition coefficient (Wildman–Crippen LogP) is 5.11. The van der Waals surface area contributed by atoms with E-state index in [2.05, 4.69) is 10.6 Å². The zero-order valence-electron chi connectivity index (χ0n) is 12.9. The largest absolute Gasteiger partial charge is 0.495 e. The Kier molecular flexibility index (Phi) is 6.54. The van der Waals surface area contributed by atoms with E-state index in [9.17, 15) is 10.1 Å². The van der Waals surface area contributed by atoms with Crippen molar-refractivity contribution >= 4 is 52.1 Å². The molecule has 0 atom stereocenters. The molecular weight excluding hydrogens is 385 g/mol. The van der Waals surface area contributed by atoms with Gasteiger partial charge in [-0.3, -0.25) is 4.79 Å². The van der Waals surface area contributed by atoms with E-state index >= 15 is 0 Å². The molecule has 2 rings (SSSR count). The van der Waals surface area contributed by atoms with E-state index in [-0.39, 0.29) is 5.57 Å². The van der Waals surface area contributed by atoms with E-state index in [0.29, 0.717) is 32.2 Å². The molecule has 0 unspecified atom stereocenters. The highest BCUT2D eigenvalue weighted by molar-refractivity contribution is 6.39. The number of carbonyl (C=O) groups is 1. The summed E-state index contributed by atoms with van der Waals surface area (Å²) in [7, 11) is 1.49. The molecule has 0 aliphatic heterocycles. The van der Waals surface area contributed by atoms with Crippen LogP contribution in [0.5, 0.6) is 5.75 Å². The van der Waals surface area contributed by atoms with Gasteiger partial charge in [-0.15, -0.1) is 0 Å². The molecule has 0 aliphatic rings. The maximum Gasteiger partial charge on any atom is 0.267 e. The number of carbonyl (C=O) groups excluding carboxylic acids is 1. The number of ether oxygens (including phenoxy) is 1. The van der Waals surface area contributed by atoms with Crippen molar-refractivity contribution in [2.75, 3.05) is 17.7 Å². The third-order valence-corrected chi connectivity index (χ3v) is 4.02. The molecule has 1 amide bonds. The van der Waals surface area contributed by atoms with Crippen LogP contribution in [0.4, 0.5) is 11.4 Å². The second kappa shape index (κ2) is 8.63. The maximum absolute atomic E-state index is 12.2. The Morgan fingerprint density at radius 3 is 2.40 bits per heavy atom. The van der Waals surface area contributed by atoms with Crippen molar-refractivity contribution < 1.29 is 9.53 Å². The van der Waals surface area contributed by atoms with E-state index in [4.69, 9.17) is 39.5 Å². The summed E-state index contributed by atoms with van der Waals surface area (Å²) in [6.07, 6.45) is 1.23. The van der Waals surface area contributed by atoms with E-state index in [1.807, 2.05) is 6.07 Å². The summed E-state index contributed by atoms with van der Waals surface area (Å²) in [6.45, 7) is 0. The van der Waals surface area contributed by atoms with Crippen LogP contribution in [-0.2, 0) is 4.79 Å². The van der Waals surface area contributed by atoms with Crippen LogP contribution >= 0.6 is 34.8 Å². The van der Waals surface area contributed by atoms with Crippen LogP contribution in [0.3, 0.4) is 0 Å². The lowest BCUT2D eigenvalue weighted by Gasteiger charge is -2.09. The van der Waals surface area contributed by atoms with Gasteiger partial charge in [0.2, 0.25) is 0 Å². The van der Waals surface area contributed by atoms with E-state index in [1.54, 1.807) is 30.3 Å². The quantitative estimate of drug-likeness (QED) is 0.544. The van der Waals surface area contributed by atoms with Gasteiger partial charge in [0.1, 0.15) is 17.4 Å². The molecular formula is C17H12Cl3N3O2. The molecule has 0 spiro atoms. The Hall–Kier alpha value is -2.39. The standard InChI is InChI=1S/C17H12Cl3N3O2/c1-25-15-6-5-11(7-14(15)20)23-17(24)10(8-21)9-22-16-12(18)3-2-4-13(16)19/h2-7,9,22H,1H3,(H,23,24)/b10-9-. The third-order valence-electron chi connectivity index (χ3n) is 3.10. The SMILES string of the molecule is COc1ccc(NC(=O)/C(C#N)=C\Nc2c(Cl)cccc2Cl)cc1Cl. The van der Waals surface area contributed by atoms with Crippen molar-refractivity contribution in [2.45, 2.75) is 0 Å². The first-order valence-corrected chi connectivity index (χ1v) is 8.05. The number of para-hydroxylation sites is 1. The van der Waals surface area contributed by atoms with Crippen molar-refractivity contribution in [2.24, 2.45) is 0 Å². The lowest BCUT2D eigenvalue weighted by Crippen LogP contribution is -2.14. The van der Waals surface area contributed by atoms with Gasteiger partial charge in [-0.1, -0.05) is 40.9 Å². The van der Waals surface area contributed by atoms with Gasteiger partial charge in [0.15, 0.2) is 0 Å². The molecule has 0 bridgehead atoms. The van der Waals surface area contributed by atoms with E-state index < -0.39 is 5.91 Å². The average Bonchev–Trinajstić information content (AvgIpc) is 2.58. The van der Waals surface area contributed by atoms with Crippen LogP contribution in [0, 0.1) is 11.3 Å². The van der Waals surface area contributed by atoms with Crippen LogP contribution in [0.2, 0.25) is 15.1 Å². The van der Waals surface area contributed by atoms with E-state index in [1.165, 1.54) is 19.4 Å². The van der Waals surface area contributed by atoms with Gasteiger partial charge < -0.3 is 15.4 Å². The van der Waals surface area contributed by atoms with Crippen LogP contribution in [0.15, 0.2) is 48.2 Å². The molecule has 0 aliphatic carbocycles. The highest BCUT2D eigenvalue weighted by Crippen LogP contribution is 2.30. The second-order valence-corrected chi connectivity index (χ2v) is 5.94. The van der Waals surface area contributed by atoms with Gasteiger partial charge in [-0.25, -0.2) is 0 Å². The Bertz CT molecular complexity index is 856. The van der Waals surface area contributed by atoms with Crippen molar-refractivity contribution in [1.29, 1.82) is 5.26 Å². The van der Waals surface area contributed by atoms with Gasteiger partial charge in [-0.2, -0.15) is 5.26 Å². The fraction of sp³-hybridized carbons (Fsp3) is 0.0588. The maximum atomic E-state index is 12.2.